The van der Waals surface area contributed by atoms with Gasteiger partial charge in [0.05, 0.1) is 10.9 Å². The highest BCUT2D eigenvalue weighted by Gasteiger charge is 2.68. The Balaban J connectivity index is 1.81. The minimum atomic E-state index is -5.05. The van der Waals surface area contributed by atoms with Crippen molar-refractivity contribution < 1.29 is 27.8 Å². The number of hydrazone groups is 1. The van der Waals surface area contributed by atoms with Crippen LogP contribution in [0.25, 0.3) is 0 Å². The molecule has 10 heteroatoms. The van der Waals surface area contributed by atoms with Crippen molar-refractivity contribution in [3.8, 4) is 5.75 Å². The molecule has 0 saturated heterocycles. The summed E-state index contributed by atoms with van der Waals surface area (Å²) in [6, 6.07) is 4.23. The van der Waals surface area contributed by atoms with Crippen LogP contribution in [-0.2, 0) is 4.79 Å². The van der Waals surface area contributed by atoms with Gasteiger partial charge in [0, 0.05) is 10.7 Å². The number of carbonyl (C=O) groups is 1. The first-order valence-corrected chi connectivity index (χ1v) is 8.67. The molecule has 3 rings (SSSR count). The zero-order valence-electron chi connectivity index (χ0n) is 13.4. The number of ether oxygens (including phenoxy) is 1. The Hall–Kier alpha value is -1.51. The standard InChI is InChI=1S/C16H15Cl2F3N2O3/c17-9-5-6-13(11(18)7-9)26-8-14(24)23-15(25,16(19,20)21)10-3-1-2-4-12(10)22-23/h5-7,10,25H,1-4,8H2/t10-,15-/m1/s1. The molecule has 1 heterocycles. The smallest absolute Gasteiger partial charge is 0.439 e. The molecule has 1 fully saturated rings. The van der Waals surface area contributed by atoms with Crippen LogP contribution in [0.3, 0.4) is 0 Å². The van der Waals surface area contributed by atoms with Crippen molar-refractivity contribution in [3.63, 3.8) is 0 Å². The molecule has 0 bridgehead atoms. The van der Waals surface area contributed by atoms with E-state index < -0.39 is 30.3 Å². The molecule has 142 valence electrons. The molecule has 0 unspecified atom stereocenters. The van der Waals surface area contributed by atoms with Crippen molar-refractivity contribution in [3.05, 3.63) is 28.2 Å². The number of amides is 1. The van der Waals surface area contributed by atoms with Crippen molar-refractivity contribution in [1.29, 1.82) is 0 Å². The maximum absolute atomic E-state index is 13.6. The Morgan fingerprint density at radius 3 is 2.77 bits per heavy atom. The summed E-state index contributed by atoms with van der Waals surface area (Å²) in [4.78, 5) is 12.4. The maximum atomic E-state index is 13.6. The van der Waals surface area contributed by atoms with E-state index >= 15 is 0 Å². The number of hydrogen-bond donors (Lipinski definition) is 1. The molecule has 5 nitrogen and oxygen atoms in total. The van der Waals surface area contributed by atoms with E-state index in [0.717, 1.165) is 0 Å². The number of aliphatic hydroxyl groups is 1. The zero-order valence-corrected chi connectivity index (χ0v) is 14.9. The second-order valence-corrected chi connectivity index (χ2v) is 7.03. The molecule has 0 spiro atoms. The van der Waals surface area contributed by atoms with Crippen LogP contribution in [0, 0.1) is 5.92 Å². The number of fused-ring (bicyclic) bond motifs is 1. The number of rotatable bonds is 3. The van der Waals surface area contributed by atoms with Crippen LogP contribution >= 0.6 is 23.2 Å². The van der Waals surface area contributed by atoms with Crippen LogP contribution in [0.4, 0.5) is 13.2 Å². The average Bonchev–Trinajstić information content (AvgIpc) is 2.88. The molecular weight excluding hydrogens is 396 g/mol. The Bertz CT molecular complexity index is 757. The second-order valence-electron chi connectivity index (χ2n) is 6.18. The predicted octanol–water partition coefficient (Wildman–Crippen LogP) is 4.01. The Morgan fingerprint density at radius 2 is 2.12 bits per heavy atom. The maximum Gasteiger partial charge on any atom is 0.439 e. The fraction of sp³-hybridized carbons (Fsp3) is 0.500. The summed E-state index contributed by atoms with van der Waals surface area (Å²) in [6.45, 7) is -0.761. The van der Waals surface area contributed by atoms with Crippen LogP contribution in [0.5, 0.6) is 5.75 Å². The summed E-state index contributed by atoms with van der Waals surface area (Å²) < 4.78 is 46.0. The molecular formula is C16H15Cl2F3N2O3. The lowest BCUT2D eigenvalue weighted by molar-refractivity contribution is -0.317. The highest BCUT2D eigenvalue weighted by Crippen LogP contribution is 2.48. The van der Waals surface area contributed by atoms with Crippen LogP contribution in [0.2, 0.25) is 10.0 Å². The number of alkyl halides is 3. The third kappa shape index (κ3) is 3.25. The quantitative estimate of drug-likeness (QED) is 0.818. The number of benzene rings is 1. The summed E-state index contributed by atoms with van der Waals surface area (Å²) in [5.74, 6) is -2.28. The normalized spacial score (nSPS) is 25.7. The molecule has 26 heavy (non-hydrogen) atoms. The first-order chi connectivity index (χ1) is 12.1. The summed E-state index contributed by atoms with van der Waals surface area (Å²) in [7, 11) is 0. The van der Waals surface area contributed by atoms with E-state index in [2.05, 4.69) is 5.10 Å². The lowest BCUT2D eigenvalue weighted by atomic mass is 9.80. The molecule has 1 amide bonds. The number of nitrogens with zero attached hydrogens (tertiary/aromatic N) is 2. The number of carbonyl (C=O) groups excluding carboxylic acids is 1. The molecule has 1 aromatic rings. The molecule has 1 N–H and O–H groups in total. The van der Waals surface area contributed by atoms with Gasteiger partial charge in [-0.1, -0.05) is 29.6 Å². The summed E-state index contributed by atoms with van der Waals surface area (Å²) >= 11 is 11.7. The minimum Gasteiger partial charge on any atom is -0.482 e. The van der Waals surface area contributed by atoms with Gasteiger partial charge in [0.2, 0.25) is 0 Å². The summed E-state index contributed by atoms with van der Waals surface area (Å²) in [5.41, 5.74) is -3.17. The molecule has 2 aliphatic rings. The largest absolute Gasteiger partial charge is 0.482 e. The van der Waals surface area contributed by atoms with Gasteiger partial charge in [-0.15, -0.1) is 0 Å². The summed E-state index contributed by atoms with van der Waals surface area (Å²) in [6.07, 6.45) is -3.42. The van der Waals surface area contributed by atoms with Gasteiger partial charge in [-0.05, 0) is 37.5 Å². The number of halogens is 5. The van der Waals surface area contributed by atoms with Crippen molar-refractivity contribution in [2.75, 3.05) is 6.61 Å². The Labute approximate surface area is 157 Å². The van der Waals surface area contributed by atoms with Crippen LogP contribution in [-0.4, -0.2) is 40.2 Å². The molecule has 0 radical (unpaired) electrons. The highest BCUT2D eigenvalue weighted by atomic mass is 35.5. The van der Waals surface area contributed by atoms with Crippen molar-refractivity contribution in [2.45, 2.75) is 37.6 Å². The van der Waals surface area contributed by atoms with E-state index in [1.807, 2.05) is 0 Å². The van der Waals surface area contributed by atoms with E-state index in [1.165, 1.54) is 18.2 Å². The van der Waals surface area contributed by atoms with Gasteiger partial charge >= 0.3 is 6.18 Å². The summed E-state index contributed by atoms with van der Waals surface area (Å²) in [5, 5.41) is 14.7. The van der Waals surface area contributed by atoms with Gasteiger partial charge in [-0.25, -0.2) is 0 Å². The van der Waals surface area contributed by atoms with Crippen molar-refractivity contribution in [2.24, 2.45) is 11.0 Å². The van der Waals surface area contributed by atoms with E-state index in [0.29, 0.717) is 24.3 Å². The molecule has 0 aromatic heterocycles. The van der Waals surface area contributed by atoms with Crippen molar-refractivity contribution >= 4 is 34.8 Å². The fourth-order valence-electron chi connectivity index (χ4n) is 3.26. The van der Waals surface area contributed by atoms with Gasteiger partial charge < -0.3 is 9.84 Å². The topological polar surface area (TPSA) is 62.1 Å². The molecule has 2 atom stereocenters. The highest BCUT2D eigenvalue weighted by molar-refractivity contribution is 6.35. The van der Waals surface area contributed by atoms with Crippen LogP contribution in [0.15, 0.2) is 23.3 Å². The van der Waals surface area contributed by atoms with Gasteiger partial charge in [-0.2, -0.15) is 23.3 Å². The van der Waals surface area contributed by atoms with E-state index in [-0.39, 0.29) is 27.9 Å². The third-order valence-electron chi connectivity index (χ3n) is 4.51. The van der Waals surface area contributed by atoms with E-state index in [4.69, 9.17) is 27.9 Å². The molecule has 1 aromatic carbocycles. The lowest BCUT2D eigenvalue weighted by Crippen LogP contribution is -2.62. The minimum absolute atomic E-state index is 0.0873. The van der Waals surface area contributed by atoms with Crippen molar-refractivity contribution in [1.82, 2.24) is 5.01 Å². The number of hydrogen-bond acceptors (Lipinski definition) is 4. The predicted molar refractivity (Wildman–Crippen MR) is 89.2 cm³/mol. The first-order valence-electron chi connectivity index (χ1n) is 7.92. The average molecular weight is 411 g/mol. The molecule has 1 aliphatic heterocycles. The van der Waals surface area contributed by atoms with E-state index in [9.17, 15) is 23.1 Å². The monoisotopic (exact) mass is 410 g/mol. The Morgan fingerprint density at radius 1 is 1.38 bits per heavy atom. The third-order valence-corrected chi connectivity index (χ3v) is 5.04. The van der Waals surface area contributed by atoms with Crippen LogP contribution < -0.4 is 4.74 Å². The fourth-order valence-corrected chi connectivity index (χ4v) is 3.72. The lowest BCUT2D eigenvalue weighted by Gasteiger charge is -2.38. The van der Waals surface area contributed by atoms with Gasteiger partial charge in [0.15, 0.2) is 6.61 Å². The van der Waals surface area contributed by atoms with Gasteiger partial charge in [-0.3, -0.25) is 4.79 Å². The first kappa shape index (κ1) is 19.3. The van der Waals surface area contributed by atoms with Gasteiger partial charge in [0.1, 0.15) is 5.75 Å². The molecule has 1 aliphatic carbocycles. The van der Waals surface area contributed by atoms with Crippen LogP contribution in [0.1, 0.15) is 25.7 Å². The van der Waals surface area contributed by atoms with E-state index in [1.54, 1.807) is 0 Å². The SMILES string of the molecule is O=C(COc1ccc(Cl)cc1Cl)N1N=C2CCCC[C@H]2[C@@]1(O)C(F)(F)F. The molecule has 1 saturated carbocycles. The Kier molecular flexibility index (Phi) is 5.11. The zero-order chi connectivity index (χ0) is 19.1. The van der Waals surface area contributed by atoms with Gasteiger partial charge in [0.25, 0.3) is 11.6 Å². The second kappa shape index (κ2) is 6.90.